The third-order valence-electron chi connectivity index (χ3n) is 19.2. The fourth-order valence-corrected chi connectivity index (χ4v) is 19.6. The number of unbranched alkanes of at least 4 members (excludes halogenated alkanes) is 5. The van der Waals surface area contributed by atoms with Crippen LogP contribution in [0.1, 0.15) is 181 Å². The van der Waals surface area contributed by atoms with Gasteiger partial charge in [-0.05, 0) is 176 Å². The summed E-state index contributed by atoms with van der Waals surface area (Å²) in [5.41, 5.74) is 0. The Morgan fingerprint density at radius 2 is 0.612 bits per heavy atom. The second kappa shape index (κ2) is 83.8. The second-order valence-electron chi connectivity index (χ2n) is 30.6. The van der Waals surface area contributed by atoms with Crippen molar-refractivity contribution < 1.29 is 105 Å². The Morgan fingerprint density at radius 1 is 0.299 bits per heavy atom. The highest BCUT2D eigenvalue weighted by atomic mass is 33.1. The van der Waals surface area contributed by atoms with E-state index in [1.807, 2.05) is 79.7 Å². The van der Waals surface area contributed by atoms with Crippen LogP contribution in [0.15, 0.2) is 118 Å². The molecule has 9 N–H and O–H groups in total. The maximum atomic E-state index is 13.6. The largest absolute Gasteiger partial charge is 0.481 e. The van der Waals surface area contributed by atoms with Crippen molar-refractivity contribution in [2.75, 3.05) is 168 Å². The van der Waals surface area contributed by atoms with Gasteiger partial charge in [0.15, 0.2) is 17.3 Å². The molecule has 8 amide bonds. The fourth-order valence-electron chi connectivity index (χ4n) is 12.2. The molecule has 0 bridgehead atoms. The number of carbonyl (C=O) groups is 14. The van der Waals surface area contributed by atoms with Crippen LogP contribution in [0.5, 0.6) is 0 Å². The Labute approximate surface area is 821 Å². The first-order valence-corrected chi connectivity index (χ1v) is 55.2. The summed E-state index contributed by atoms with van der Waals surface area (Å²) in [5.74, 6) is -1.85. The summed E-state index contributed by atoms with van der Waals surface area (Å²) in [5, 5.41) is 35.3. The Kier molecular flexibility index (Phi) is 75.6. The Balaban J connectivity index is 0.00000104. The van der Waals surface area contributed by atoms with Crippen LogP contribution in [0.2, 0.25) is 0 Å². The van der Waals surface area contributed by atoms with E-state index >= 15 is 0 Å². The highest BCUT2D eigenvalue weighted by Gasteiger charge is 2.25. The molecule has 0 unspecified atom stereocenters. The first kappa shape index (κ1) is 121. The van der Waals surface area contributed by atoms with Crippen LogP contribution in [0.4, 0.5) is 0 Å². The minimum Gasteiger partial charge on any atom is -0.481 e. The van der Waals surface area contributed by atoms with Crippen LogP contribution in [-0.2, 0) is 100 Å². The van der Waals surface area contributed by atoms with Crippen molar-refractivity contribution in [1.29, 1.82) is 0 Å². The number of pyridine rings is 4. The van der Waals surface area contributed by atoms with E-state index < -0.39 is 23.7 Å². The summed E-state index contributed by atoms with van der Waals surface area (Å²) >= 11 is 0. The Hall–Kier alpha value is -7.30. The lowest BCUT2D eigenvalue weighted by Gasteiger charge is -2.17. The second-order valence-corrected chi connectivity index (χ2v) is 40.4. The summed E-state index contributed by atoms with van der Waals surface area (Å²) in [7, 11) is 12.4. The molecule has 0 aromatic carbocycles. The van der Waals surface area contributed by atoms with E-state index in [4.69, 9.17) is 38.3 Å². The number of amides is 8. The first-order valence-electron chi connectivity index (χ1n) is 45.9. The van der Waals surface area contributed by atoms with Gasteiger partial charge in [-0.15, -0.1) is 0 Å². The van der Waals surface area contributed by atoms with Crippen molar-refractivity contribution >= 4 is 168 Å². The molecule has 34 nitrogen and oxygen atoms in total. The van der Waals surface area contributed by atoms with Crippen LogP contribution >= 0.6 is 86.4 Å². The van der Waals surface area contributed by atoms with E-state index in [0.29, 0.717) is 160 Å². The van der Waals surface area contributed by atoms with Gasteiger partial charge in [-0.3, -0.25) is 62.3 Å². The van der Waals surface area contributed by atoms with Crippen LogP contribution in [0.25, 0.3) is 0 Å². The van der Waals surface area contributed by atoms with E-state index in [0.717, 1.165) is 51.5 Å². The van der Waals surface area contributed by atoms with Gasteiger partial charge in [0.25, 0.3) is 0 Å². The number of carboxylic acids is 1. The molecule has 0 saturated carbocycles. The van der Waals surface area contributed by atoms with Crippen molar-refractivity contribution in [3.8, 4) is 0 Å². The molecule has 134 heavy (non-hydrogen) atoms. The molecular weight excluding hydrogens is 1880 g/mol. The molecule has 0 saturated heterocycles. The number of aliphatic carboxylic acids is 1. The zero-order chi connectivity index (χ0) is 97.2. The smallest absolute Gasteiger partial charge is 0.303 e. The maximum absolute atomic E-state index is 13.6. The summed E-state index contributed by atoms with van der Waals surface area (Å²) in [6, 6.07) is 22.8. The average molecular weight is 2020 g/mol. The lowest BCUT2D eigenvalue weighted by Crippen LogP contribution is -2.35. The van der Waals surface area contributed by atoms with Gasteiger partial charge < -0.3 is 85.6 Å². The number of aromatic nitrogens is 4. The summed E-state index contributed by atoms with van der Waals surface area (Å²) in [6.45, 7) is 10.1. The highest BCUT2D eigenvalue weighted by molar-refractivity contribution is 8.77. The molecule has 0 radical (unpaired) electrons. The monoisotopic (exact) mass is 2020 g/mol. The molecule has 4 aromatic rings. The molecular formula is C92H140N12O22S8. The molecule has 748 valence electrons. The van der Waals surface area contributed by atoms with E-state index in [-0.39, 0.29) is 220 Å². The molecule has 4 atom stereocenters. The van der Waals surface area contributed by atoms with Gasteiger partial charge in [0.2, 0.25) is 47.3 Å². The van der Waals surface area contributed by atoms with Gasteiger partial charge in [0.1, 0.15) is 51.5 Å². The third kappa shape index (κ3) is 71.2. The minimum absolute atomic E-state index is 0.00200. The van der Waals surface area contributed by atoms with Crippen LogP contribution < -0.4 is 42.5 Å². The molecule has 0 fully saturated rings. The summed E-state index contributed by atoms with van der Waals surface area (Å²) in [4.78, 5) is 190. The lowest BCUT2D eigenvalue weighted by atomic mass is 9.93. The standard InChI is InChI=1S/C67H101N9O15S6.C25H39N3O7S2/c1-52(77)47-54(17-3-10-27-68-59(81)24-44-92-95-62-21-6-13-30-71-62)65(84)74-33-37-87-36-16-9-20-57(79)48-55(18-4-11-28-69-60(82)25-45-93-96-63-22-7-14-31-72-63)66(85)75-34-39-89-41-43-91-51-58(80)49-56(67(86)76-35-38-88-40-42-90-50-53(2)78)19-5-12-29-70-61(83)26-46-94-97-64-23-8-15-32-73-64;1-2-20(25(33)28-14-15-34-16-17-35-19-21(29)9-10-24(31)32)7-3-5-12-26-22(30)11-18-36-37-23-8-4-6-13-27-23/h6-8,13-15,21-23,30-32,54-56H,3-5,9-12,16-20,24-29,33-51H2,1-2H3,(H,68,81)(H,69,82)(H,70,83)(H,74,84)(H,75,85)(H,76,86);4,6,8,13,20H,2-3,5,7,9-12,14-19H2,1H3,(H,26,30)(H,28,33)(H,31,32)/t54-,55-,56-;20-/m10/s1. The quantitative estimate of drug-likeness (QED) is 0.0146. The van der Waals surface area contributed by atoms with E-state index in [2.05, 4.69) is 62.5 Å². The molecule has 0 aliphatic carbocycles. The van der Waals surface area contributed by atoms with Gasteiger partial charge >= 0.3 is 5.97 Å². The number of ether oxygens (including phenoxy) is 7. The minimum atomic E-state index is -1.01. The fraction of sp³-hybridized carbons (Fsp3) is 0.630. The molecule has 4 heterocycles. The van der Waals surface area contributed by atoms with Gasteiger partial charge in [-0.1, -0.05) is 100 Å². The predicted octanol–water partition coefficient (Wildman–Crippen LogP) is 11.6. The number of rotatable bonds is 86. The molecule has 42 heteroatoms. The predicted molar refractivity (Wildman–Crippen MR) is 529 cm³/mol. The molecule has 0 spiro atoms. The number of hydrogen-bond acceptors (Lipinski definition) is 33. The zero-order valence-corrected chi connectivity index (χ0v) is 84.2. The summed E-state index contributed by atoms with van der Waals surface area (Å²) in [6.07, 6.45) is 18.1. The normalized spacial score (nSPS) is 11.9. The highest BCUT2D eigenvalue weighted by Crippen LogP contribution is 2.32. The van der Waals surface area contributed by atoms with E-state index in [1.54, 1.807) is 78.8 Å². The topological polar surface area (TPSA) is 472 Å². The summed E-state index contributed by atoms with van der Waals surface area (Å²) < 4.78 is 38.3. The molecule has 4 aromatic heterocycles. The van der Waals surface area contributed by atoms with Gasteiger partial charge in [-0.2, -0.15) is 0 Å². The number of Topliss-reactive ketones (excluding diaryl/α,β-unsaturated/α-hetero) is 5. The van der Waals surface area contributed by atoms with Crippen molar-refractivity contribution in [2.24, 2.45) is 23.7 Å². The number of hydrogen-bond donors (Lipinski definition) is 9. The van der Waals surface area contributed by atoms with Gasteiger partial charge in [-0.25, -0.2) is 19.9 Å². The van der Waals surface area contributed by atoms with E-state index in [1.165, 1.54) is 46.2 Å². The number of ketones is 5. The maximum Gasteiger partial charge on any atom is 0.303 e. The van der Waals surface area contributed by atoms with Crippen molar-refractivity contribution in [3.05, 3.63) is 97.6 Å². The van der Waals surface area contributed by atoms with Crippen LogP contribution in [0.3, 0.4) is 0 Å². The van der Waals surface area contributed by atoms with Crippen molar-refractivity contribution in [2.45, 2.75) is 201 Å². The molecule has 0 aliphatic heterocycles. The number of carbonyl (C=O) groups excluding carboxylic acids is 13. The Morgan fingerprint density at radius 3 is 0.940 bits per heavy atom. The van der Waals surface area contributed by atoms with Crippen LogP contribution in [-0.4, -0.2) is 275 Å². The van der Waals surface area contributed by atoms with Crippen molar-refractivity contribution in [1.82, 2.24) is 62.5 Å². The number of carboxylic acid groups (broad SMARTS) is 1. The average Bonchev–Trinajstić information content (AvgIpc) is 0.922. The Bertz CT molecular complexity index is 3900. The number of nitrogens with one attached hydrogen (secondary N) is 8. The zero-order valence-electron chi connectivity index (χ0n) is 77.7. The lowest BCUT2D eigenvalue weighted by molar-refractivity contribution is -0.139. The number of nitrogens with zero attached hydrogens (tertiary/aromatic N) is 4. The van der Waals surface area contributed by atoms with E-state index in [9.17, 15) is 67.1 Å². The molecule has 0 aliphatic rings. The van der Waals surface area contributed by atoms with Gasteiger partial charge in [0.05, 0.1) is 72.5 Å². The van der Waals surface area contributed by atoms with Crippen LogP contribution in [0, 0.1) is 23.7 Å². The SMILES string of the molecule is CC(=O)COCCOCCNC(=O)[C@H](CCCCNC(=O)CCSSc1ccccn1)CC(=O)COCCOCCNC(=O)[C@H](CCCCNC(=O)CCSSc1ccccn1)CC(=O)CCCCOCCNC(=O)[C@H](CCCCNC(=O)CCSSc1ccccn1)CC(C)=O.CC[C@@H](CCCCNC(=O)CCSSc1ccccn1)C(=O)NCCOCCOCC(=O)CCC(=O)O. The third-order valence-corrected chi connectivity index (χ3v) is 28.3. The van der Waals surface area contributed by atoms with Gasteiger partial charge in [0, 0.05) is 188 Å². The molecule has 4 rings (SSSR count). The first-order chi connectivity index (χ1) is 65.1. The van der Waals surface area contributed by atoms with Crippen molar-refractivity contribution in [3.63, 3.8) is 0 Å².